The molecule has 1 aromatic heterocycles. The summed E-state index contributed by atoms with van der Waals surface area (Å²) in [7, 11) is 1.74. The molecule has 4 nitrogen and oxygen atoms in total. The van der Waals surface area contributed by atoms with Crippen LogP contribution < -0.4 is 4.74 Å². The lowest BCUT2D eigenvalue weighted by Gasteiger charge is -2.05. The van der Waals surface area contributed by atoms with E-state index in [0.29, 0.717) is 22.3 Å². The number of halogens is 1. The van der Waals surface area contributed by atoms with E-state index in [4.69, 9.17) is 4.74 Å². The van der Waals surface area contributed by atoms with Crippen LogP contribution in [0.15, 0.2) is 34.9 Å². The van der Waals surface area contributed by atoms with Crippen molar-refractivity contribution in [2.45, 2.75) is 6.92 Å². The first-order valence-electron chi connectivity index (χ1n) is 5.58. The van der Waals surface area contributed by atoms with Gasteiger partial charge in [0.25, 0.3) is 0 Å². The van der Waals surface area contributed by atoms with E-state index >= 15 is 0 Å². The first-order valence-corrected chi connectivity index (χ1v) is 6.38. The molecule has 2 aromatic rings. The van der Waals surface area contributed by atoms with Crippen LogP contribution in [-0.2, 0) is 7.05 Å². The largest absolute Gasteiger partial charge is 0.494 e. The molecule has 0 aliphatic carbocycles. The van der Waals surface area contributed by atoms with E-state index < -0.39 is 0 Å². The topological polar surface area (TPSA) is 44.1 Å². The molecule has 0 amide bonds. The Morgan fingerprint density at radius 2 is 2.06 bits per heavy atom. The van der Waals surface area contributed by atoms with Crippen molar-refractivity contribution in [1.29, 1.82) is 0 Å². The summed E-state index contributed by atoms with van der Waals surface area (Å²) in [6.07, 6.45) is 1.61. The second-order valence-electron chi connectivity index (χ2n) is 3.75. The number of aryl methyl sites for hydroxylation is 1. The Bertz CT molecular complexity index is 541. The number of hydrogen-bond donors (Lipinski definition) is 0. The molecule has 5 heteroatoms. The number of carbonyl (C=O) groups is 1. The zero-order chi connectivity index (χ0) is 13.1. The van der Waals surface area contributed by atoms with Gasteiger partial charge in [-0.25, -0.2) is 0 Å². The molecule has 0 spiro atoms. The van der Waals surface area contributed by atoms with Gasteiger partial charge in [-0.15, -0.1) is 0 Å². The first kappa shape index (κ1) is 12.8. The van der Waals surface area contributed by atoms with Crippen LogP contribution >= 0.6 is 15.9 Å². The Morgan fingerprint density at radius 3 is 2.56 bits per heavy atom. The summed E-state index contributed by atoms with van der Waals surface area (Å²) in [6.45, 7) is 2.53. The van der Waals surface area contributed by atoms with E-state index in [9.17, 15) is 4.79 Å². The fraction of sp³-hybridized carbons (Fsp3) is 0.231. The standard InChI is InChI=1S/C13H13BrN2O2/c1-3-18-10-6-4-9(5-7-10)13(17)12-11(14)8-15-16(12)2/h4-8H,3H2,1-2H3. The molecule has 0 aliphatic rings. The average molecular weight is 309 g/mol. The number of ketones is 1. The molecule has 0 bridgehead atoms. The quantitative estimate of drug-likeness (QED) is 0.816. The average Bonchev–Trinajstić information content (AvgIpc) is 2.70. The molecule has 0 N–H and O–H groups in total. The predicted molar refractivity (Wildman–Crippen MR) is 72.0 cm³/mol. The summed E-state index contributed by atoms with van der Waals surface area (Å²) < 4.78 is 7.60. The summed E-state index contributed by atoms with van der Waals surface area (Å²) >= 11 is 3.33. The highest BCUT2D eigenvalue weighted by atomic mass is 79.9. The first-order chi connectivity index (χ1) is 8.63. The van der Waals surface area contributed by atoms with Crippen molar-refractivity contribution in [2.75, 3.05) is 6.61 Å². The SMILES string of the molecule is CCOc1ccc(C(=O)c2c(Br)cnn2C)cc1. The van der Waals surface area contributed by atoms with Gasteiger partial charge in [0.05, 0.1) is 17.3 Å². The minimum absolute atomic E-state index is 0.0649. The molecule has 0 saturated heterocycles. The lowest BCUT2D eigenvalue weighted by Crippen LogP contribution is -2.08. The number of benzene rings is 1. The maximum atomic E-state index is 12.3. The third-order valence-electron chi connectivity index (χ3n) is 2.54. The number of hydrogen-bond acceptors (Lipinski definition) is 3. The van der Waals surface area contributed by atoms with Crippen LogP contribution in [-0.4, -0.2) is 22.2 Å². The monoisotopic (exact) mass is 308 g/mol. The van der Waals surface area contributed by atoms with Crippen LogP contribution in [0.3, 0.4) is 0 Å². The second kappa shape index (κ2) is 5.35. The maximum Gasteiger partial charge on any atom is 0.212 e. The lowest BCUT2D eigenvalue weighted by molar-refractivity contribution is 0.102. The number of nitrogens with zero attached hydrogens (tertiary/aromatic N) is 2. The number of aromatic nitrogens is 2. The minimum atomic E-state index is -0.0649. The van der Waals surface area contributed by atoms with Gasteiger partial charge in [-0.1, -0.05) is 0 Å². The molecule has 2 rings (SSSR count). The van der Waals surface area contributed by atoms with Gasteiger partial charge in [-0.2, -0.15) is 5.10 Å². The summed E-state index contributed by atoms with van der Waals surface area (Å²) in [4.78, 5) is 12.3. The zero-order valence-electron chi connectivity index (χ0n) is 10.2. The van der Waals surface area contributed by atoms with Gasteiger partial charge >= 0.3 is 0 Å². The highest BCUT2D eigenvalue weighted by Gasteiger charge is 2.17. The van der Waals surface area contributed by atoms with E-state index in [0.717, 1.165) is 5.75 Å². The molecule has 0 radical (unpaired) electrons. The maximum absolute atomic E-state index is 12.3. The molecule has 0 unspecified atom stereocenters. The Morgan fingerprint density at radius 1 is 1.39 bits per heavy atom. The van der Waals surface area contributed by atoms with Crippen molar-refractivity contribution in [1.82, 2.24) is 9.78 Å². The molecular formula is C13H13BrN2O2. The highest BCUT2D eigenvalue weighted by Crippen LogP contribution is 2.20. The highest BCUT2D eigenvalue weighted by molar-refractivity contribution is 9.10. The normalized spacial score (nSPS) is 10.4. The Labute approximate surface area is 114 Å². The van der Waals surface area contributed by atoms with Gasteiger partial charge in [0.15, 0.2) is 0 Å². The van der Waals surface area contributed by atoms with Crippen molar-refractivity contribution in [3.8, 4) is 5.75 Å². The molecule has 1 aromatic carbocycles. The Hall–Kier alpha value is -1.62. The van der Waals surface area contributed by atoms with Crippen LogP contribution in [0.4, 0.5) is 0 Å². The Balaban J connectivity index is 2.29. The summed E-state index contributed by atoms with van der Waals surface area (Å²) in [5.41, 5.74) is 1.15. The van der Waals surface area contributed by atoms with Crippen LogP contribution in [0.1, 0.15) is 23.0 Å². The van der Waals surface area contributed by atoms with Gasteiger partial charge in [0.1, 0.15) is 11.4 Å². The molecule has 0 saturated carbocycles. The molecule has 0 fully saturated rings. The minimum Gasteiger partial charge on any atom is -0.494 e. The predicted octanol–water partition coefficient (Wildman–Crippen LogP) is 2.81. The van der Waals surface area contributed by atoms with E-state index in [2.05, 4.69) is 21.0 Å². The number of carbonyl (C=O) groups excluding carboxylic acids is 1. The molecule has 0 aliphatic heterocycles. The smallest absolute Gasteiger partial charge is 0.212 e. The van der Waals surface area contributed by atoms with Crippen molar-refractivity contribution in [3.63, 3.8) is 0 Å². The third kappa shape index (κ3) is 2.46. The number of rotatable bonds is 4. The molecule has 94 valence electrons. The van der Waals surface area contributed by atoms with Crippen LogP contribution in [0, 0.1) is 0 Å². The van der Waals surface area contributed by atoms with Crippen LogP contribution in [0.5, 0.6) is 5.75 Å². The lowest BCUT2D eigenvalue weighted by atomic mass is 10.1. The van der Waals surface area contributed by atoms with Crippen molar-refractivity contribution in [3.05, 3.63) is 46.2 Å². The van der Waals surface area contributed by atoms with Crippen LogP contribution in [0.25, 0.3) is 0 Å². The van der Waals surface area contributed by atoms with Gasteiger partial charge < -0.3 is 4.74 Å². The Kier molecular flexibility index (Phi) is 3.81. The summed E-state index contributed by atoms with van der Waals surface area (Å²) in [5.74, 6) is 0.697. The van der Waals surface area contributed by atoms with Crippen LogP contribution in [0.2, 0.25) is 0 Å². The van der Waals surface area contributed by atoms with Gasteiger partial charge in [0, 0.05) is 12.6 Å². The number of ether oxygens (including phenoxy) is 1. The summed E-state index contributed by atoms with van der Waals surface area (Å²) in [6, 6.07) is 7.10. The second-order valence-corrected chi connectivity index (χ2v) is 4.61. The molecule has 0 atom stereocenters. The van der Waals surface area contributed by atoms with E-state index in [1.54, 1.807) is 42.2 Å². The molecular weight excluding hydrogens is 296 g/mol. The summed E-state index contributed by atoms with van der Waals surface area (Å²) in [5, 5.41) is 4.03. The van der Waals surface area contributed by atoms with Crippen molar-refractivity contribution >= 4 is 21.7 Å². The van der Waals surface area contributed by atoms with Gasteiger partial charge in [0.2, 0.25) is 5.78 Å². The fourth-order valence-corrected chi connectivity index (χ4v) is 2.20. The van der Waals surface area contributed by atoms with Crippen molar-refractivity contribution in [2.24, 2.45) is 7.05 Å². The molecule has 1 heterocycles. The van der Waals surface area contributed by atoms with E-state index in [1.807, 2.05) is 6.92 Å². The fourth-order valence-electron chi connectivity index (χ4n) is 1.67. The third-order valence-corrected chi connectivity index (χ3v) is 3.12. The van der Waals surface area contributed by atoms with Gasteiger partial charge in [-0.3, -0.25) is 9.48 Å². The zero-order valence-corrected chi connectivity index (χ0v) is 11.8. The van der Waals surface area contributed by atoms with Crippen molar-refractivity contribution < 1.29 is 9.53 Å². The van der Waals surface area contributed by atoms with E-state index in [1.165, 1.54) is 0 Å². The van der Waals surface area contributed by atoms with E-state index in [-0.39, 0.29) is 5.78 Å². The van der Waals surface area contributed by atoms with Gasteiger partial charge in [-0.05, 0) is 47.1 Å². The molecule has 18 heavy (non-hydrogen) atoms.